The van der Waals surface area contributed by atoms with Gasteiger partial charge in [0.15, 0.2) is 11.6 Å². The summed E-state index contributed by atoms with van der Waals surface area (Å²) in [7, 11) is 0. The van der Waals surface area contributed by atoms with Gasteiger partial charge >= 0.3 is 0 Å². The van der Waals surface area contributed by atoms with Crippen LogP contribution in [0.5, 0.6) is 0 Å². The maximum atomic E-state index is 12.1. The van der Waals surface area contributed by atoms with Gasteiger partial charge in [-0.3, -0.25) is 4.79 Å². The Morgan fingerprint density at radius 1 is 1.38 bits per heavy atom. The average molecular weight is 222 g/mol. The van der Waals surface area contributed by atoms with Gasteiger partial charge in [0.05, 0.1) is 0 Å². The van der Waals surface area contributed by atoms with Crippen LogP contribution in [-0.2, 0) is 0 Å². The number of carbonyl (C=O) groups is 1. The van der Waals surface area contributed by atoms with Crippen molar-refractivity contribution in [2.45, 2.75) is 20.3 Å². The molecule has 0 radical (unpaired) electrons. The van der Waals surface area contributed by atoms with Crippen LogP contribution in [0.4, 0.5) is 5.88 Å². The van der Waals surface area contributed by atoms with Crippen LogP contribution < -0.4 is 5.73 Å². The molecule has 0 spiro atoms. The lowest BCUT2D eigenvalue weighted by Crippen LogP contribution is -2.42. The van der Waals surface area contributed by atoms with Gasteiger partial charge < -0.3 is 15.1 Å². The molecule has 88 valence electrons. The van der Waals surface area contributed by atoms with E-state index >= 15 is 0 Å². The minimum absolute atomic E-state index is 0.0462. The first-order chi connectivity index (χ1) is 7.56. The summed E-state index contributed by atoms with van der Waals surface area (Å²) in [6, 6.07) is 3.26. The highest BCUT2D eigenvalue weighted by Crippen LogP contribution is 2.23. The minimum atomic E-state index is -0.0462. The molecule has 2 atom stereocenters. The lowest BCUT2D eigenvalue weighted by atomic mass is 9.92. The molecule has 0 aliphatic carbocycles. The Kier molecular flexibility index (Phi) is 2.90. The standard InChI is InChI=1S/C12H18N2O2/c1-8-5-9(2)7-14(6-8)12(15)10-3-4-11(13)16-10/h3-4,8-9H,5-7,13H2,1-2H3. The Morgan fingerprint density at radius 3 is 2.50 bits per heavy atom. The zero-order chi connectivity index (χ0) is 11.7. The first-order valence-corrected chi connectivity index (χ1v) is 5.71. The lowest BCUT2D eigenvalue weighted by Gasteiger charge is -2.34. The van der Waals surface area contributed by atoms with Crippen molar-refractivity contribution in [3.63, 3.8) is 0 Å². The predicted molar refractivity (Wildman–Crippen MR) is 62.0 cm³/mol. The molecule has 1 aromatic heterocycles. The van der Waals surface area contributed by atoms with Crippen molar-refractivity contribution >= 4 is 11.8 Å². The normalized spacial score (nSPS) is 25.8. The maximum Gasteiger partial charge on any atom is 0.289 e. The topological polar surface area (TPSA) is 59.5 Å². The number of amides is 1. The van der Waals surface area contributed by atoms with Gasteiger partial charge in [-0.15, -0.1) is 0 Å². The number of furan rings is 1. The zero-order valence-electron chi connectivity index (χ0n) is 9.77. The molecule has 1 amide bonds. The molecule has 4 nitrogen and oxygen atoms in total. The van der Waals surface area contributed by atoms with Crippen molar-refractivity contribution in [1.29, 1.82) is 0 Å². The molecule has 1 aliphatic heterocycles. The monoisotopic (exact) mass is 222 g/mol. The first kappa shape index (κ1) is 11.0. The Balaban J connectivity index is 2.09. The summed E-state index contributed by atoms with van der Waals surface area (Å²) in [6.07, 6.45) is 1.18. The fourth-order valence-electron chi connectivity index (χ4n) is 2.45. The molecule has 1 aromatic rings. The van der Waals surface area contributed by atoms with E-state index in [-0.39, 0.29) is 5.91 Å². The molecule has 0 saturated carbocycles. The molecule has 0 aromatic carbocycles. The van der Waals surface area contributed by atoms with Crippen molar-refractivity contribution in [1.82, 2.24) is 4.90 Å². The minimum Gasteiger partial charge on any atom is -0.436 e. The molecule has 2 N–H and O–H groups in total. The third kappa shape index (κ3) is 2.21. The average Bonchev–Trinajstić information content (AvgIpc) is 2.62. The molecule has 2 heterocycles. The van der Waals surface area contributed by atoms with Crippen LogP contribution in [0, 0.1) is 11.8 Å². The fourth-order valence-corrected chi connectivity index (χ4v) is 2.45. The van der Waals surface area contributed by atoms with Crippen LogP contribution in [0.25, 0.3) is 0 Å². The summed E-state index contributed by atoms with van der Waals surface area (Å²) in [6.45, 7) is 5.96. The summed E-state index contributed by atoms with van der Waals surface area (Å²) in [5.74, 6) is 1.70. The number of nitrogens with zero attached hydrogens (tertiary/aromatic N) is 1. The number of piperidine rings is 1. The molecule has 16 heavy (non-hydrogen) atoms. The van der Waals surface area contributed by atoms with E-state index in [1.807, 2.05) is 4.90 Å². The van der Waals surface area contributed by atoms with Gasteiger partial charge in [0, 0.05) is 19.2 Å². The third-order valence-corrected chi connectivity index (χ3v) is 2.99. The zero-order valence-corrected chi connectivity index (χ0v) is 9.77. The van der Waals surface area contributed by atoms with Gasteiger partial charge in [0.2, 0.25) is 0 Å². The van der Waals surface area contributed by atoms with Gasteiger partial charge in [-0.1, -0.05) is 13.8 Å². The largest absolute Gasteiger partial charge is 0.436 e. The van der Waals surface area contributed by atoms with Crippen LogP contribution in [0.1, 0.15) is 30.8 Å². The number of anilines is 1. The van der Waals surface area contributed by atoms with E-state index in [4.69, 9.17) is 10.2 Å². The molecule has 0 bridgehead atoms. The third-order valence-electron chi connectivity index (χ3n) is 2.99. The number of likely N-dealkylation sites (tertiary alicyclic amines) is 1. The van der Waals surface area contributed by atoms with Crippen LogP contribution >= 0.6 is 0 Å². The van der Waals surface area contributed by atoms with Crippen molar-refractivity contribution in [2.75, 3.05) is 18.8 Å². The quantitative estimate of drug-likeness (QED) is 0.790. The van der Waals surface area contributed by atoms with Gasteiger partial charge in [-0.05, 0) is 24.3 Å². The van der Waals surface area contributed by atoms with Gasteiger partial charge in [0.1, 0.15) is 0 Å². The summed E-state index contributed by atoms with van der Waals surface area (Å²) in [5.41, 5.74) is 5.46. The van der Waals surface area contributed by atoms with Gasteiger partial charge in [0.25, 0.3) is 5.91 Å². The number of carbonyl (C=O) groups excluding carboxylic acids is 1. The molecule has 2 rings (SSSR count). The Bertz CT molecular complexity index is 376. The number of hydrogen-bond donors (Lipinski definition) is 1. The van der Waals surface area contributed by atoms with E-state index in [0.717, 1.165) is 13.1 Å². The van der Waals surface area contributed by atoms with E-state index in [9.17, 15) is 4.79 Å². The number of nitrogen functional groups attached to an aromatic ring is 1. The number of rotatable bonds is 1. The lowest BCUT2D eigenvalue weighted by molar-refractivity contribution is 0.0592. The Morgan fingerprint density at radius 2 is 2.00 bits per heavy atom. The number of hydrogen-bond acceptors (Lipinski definition) is 3. The van der Waals surface area contributed by atoms with Crippen LogP contribution in [-0.4, -0.2) is 23.9 Å². The molecule has 1 saturated heterocycles. The van der Waals surface area contributed by atoms with Crippen molar-refractivity contribution < 1.29 is 9.21 Å². The highest BCUT2D eigenvalue weighted by Gasteiger charge is 2.27. The predicted octanol–water partition coefficient (Wildman–Crippen LogP) is 1.98. The maximum absolute atomic E-state index is 12.1. The van der Waals surface area contributed by atoms with E-state index in [0.29, 0.717) is 23.5 Å². The second-order valence-corrected chi connectivity index (χ2v) is 4.86. The fraction of sp³-hybridized carbons (Fsp3) is 0.583. The highest BCUT2D eigenvalue weighted by atomic mass is 16.4. The van der Waals surface area contributed by atoms with Crippen molar-refractivity contribution in [3.8, 4) is 0 Å². The summed E-state index contributed by atoms with van der Waals surface area (Å²) in [5, 5.41) is 0. The highest BCUT2D eigenvalue weighted by molar-refractivity contribution is 5.91. The van der Waals surface area contributed by atoms with Crippen molar-refractivity contribution in [3.05, 3.63) is 17.9 Å². The van der Waals surface area contributed by atoms with Crippen LogP contribution in [0.2, 0.25) is 0 Å². The van der Waals surface area contributed by atoms with Gasteiger partial charge in [-0.25, -0.2) is 0 Å². The first-order valence-electron chi connectivity index (χ1n) is 5.71. The molecule has 2 unspecified atom stereocenters. The second-order valence-electron chi connectivity index (χ2n) is 4.86. The smallest absolute Gasteiger partial charge is 0.289 e. The van der Waals surface area contributed by atoms with Gasteiger partial charge in [-0.2, -0.15) is 0 Å². The molecule has 1 aliphatic rings. The van der Waals surface area contributed by atoms with E-state index in [1.165, 1.54) is 6.42 Å². The van der Waals surface area contributed by atoms with E-state index < -0.39 is 0 Å². The molecule has 1 fully saturated rings. The number of nitrogens with two attached hydrogens (primary N) is 1. The molecular weight excluding hydrogens is 204 g/mol. The summed E-state index contributed by atoms with van der Waals surface area (Å²) < 4.78 is 5.16. The summed E-state index contributed by atoms with van der Waals surface area (Å²) in [4.78, 5) is 13.9. The second kappa shape index (κ2) is 4.20. The van der Waals surface area contributed by atoms with E-state index in [2.05, 4.69) is 13.8 Å². The molecular formula is C12H18N2O2. The Hall–Kier alpha value is -1.45. The summed E-state index contributed by atoms with van der Waals surface area (Å²) >= 11 is 0. The SMILES string of the molecule is CC1CC(C)CN(C(=O)c2ccc(N)o2)C1. The molecule has 4 heteroatoms. The van der Waals surface area contributed by atoms with Crippen LogP contribution in [0.3, 0.4) is 0 Å². The van der Waals surface area contributed by atoms with E-state index in [1.54, 1.807) is 12.1 Å². The van der Waals surface area contributed by atoms with Crippen molar-refractivity contribution in [2.24, 2.45) is 11.8 Å². The Labute approximate surface area is 95.4 Å². The van der Waals surface area contributed by atoms with Crippen LogP contribution in [0.15, 0.2) is 16.5 Å².